The predicted octanol–water partition coefficient (Wildman–Crippen LogP) is 4.26. The Labute approximate surface area is 150 Å². The van der Waals surface area contributed by atoms with E-state index in [4.69, 9.17) is 0 Å². The molecule has 0 radical (unpaired) electrons. The lowest BCUT2D eigenvalue weighted by Gasteiger charge is -2.20. The van der Waals surface area contributed by atoms with Crippen molar-refractivity contribution in [1.29, 1.82) is 0 Å². The van der Waals surface area contributed by atoms with E-state index in [0.29, 0.717) is 4.96 Å². The highest BCUT2D eigenvalue weighted by Crippen LogP contribution is 2.32. The number of nitrogens with zero attached hydrogens (tertiary/aromatic N) is 2. The molecule has 1 N–H and O–H groups in total. The number of benzene rings is 1. The number of anilines is 1. The van der Waals surface area contributed by atoms with Crippen LogP contribution in [0.4, 0.5) is 5.69 Å². The number of hydrogen-bond donors (Lipinski definition) is 1. The molecule has 0 unspecified atom stereocenters. The van der Waals surface area contributed by atoms with Crippen LogP contribution in [0.5, 0.6) is 0 Å². The molecule has 0 saturated carbocycles. The fraction of sp³-hybridized carbons (Fsp3) is 0.316. The molecule has 0 bridgehead atoms. The highest BCUT2D eigenvalue weighted by atomic mass is 32.1. The first-order chi connectivity index (χ1) is 11.9. The van der Waals surface area contributed by atoms with Crippen LogP contribution < -0.4 is 10.9 Å². The Bertz CT molecular complexity index is 959. The highest BCUT2D eigenvalue weighted by molar-refractivity contribution is 7.15. The second-order valence-corrected chi connectivity index (χ2v) is 7.48. The number of thiazole rings is 1. The van der Waals surface area contributed by atoms with Crippen molar-refractivity contribution in [3.8, 4) is 0 Å². The van der Waals surface area contributed by atoms with Crippen molar-refractivity contribution in [3.63, 3.8) is 0 Å². The quantitative estimate of drug-likeness (QED) is 0.761. The van der Waals surface area contributed by atoms with Crippen molar-refractivity contribution < 1.29 is 4.79 Å². The number of nitrogens with one attached hydrogen (secondary N) is 1. The minimum Gasteiger partial charge on any atom is -0.321 e. The Morgan fingerprint density at radius 3 is 2.40 bits per heavy atom. The first kappa shape index (κ1) is 17.4. The molecule has 0 saturated heterocycles. The second kappa shape index (κ2) is 6.80. The predicted molar refractivity (Wildman–Crippen MR) is 102 cm³/mol. The highest BCUT2D eigenvalue weighted by Gasteiger charge is 2.19. The number of rotatable bonds is 4. The Morgan fingerprint density at radius 2 is 1.80 bits per heavy atom. The minimum atomic E-state index is -0.423. The third kappa shape index (κ3) is 3.22. The molecule has 3 aromatic rings. The van der Waals surface area contributed by atoms with Gasteiger partial charge in [0.25, 0.3) is 11.5 Å². The second-order valence-electron chi connectivity index (χ2n) is 6.61. The molecule has 1 aromatic carbocycles. The summed E-state index contributed by atoms with van der Waals surface area (Å²) in [5.41, 5.74) is 2.61. The molecule has 6 heteroatoms. The summed E-state index contributed by atoms with van der Waals surface area (Å²) < 4.78 is 1.40. The summed E-state index contributed by atoms with van der Waals surface area (Å²) in [4.78, 5) is 30.1. The van der Waals surface area contributed by atoms with Crippen molar-refractivity contribution in [3.05, 3.63) is 63.0 Å². The van der Waals surface area contributed by atoms with E-state index in [1.165, 1.54) is 21.9 Å². The minimum absolute atomic E-state index is 0.0455. The molecule has 3 rings (SSSR count). The summed E-state index contributed by atoms with van der Waals surface area (Å²) in [6, 6.07) is 6.03. The molecule has 2 aromatic heterocycles. The molecular formula is C19H21N3O2S. The molecule has 0 aliphatic carbocycles. The van der Waals surface area contributed by atoms with E-state index in [9.17, 15) is 9.59 Å². The Hall–Kier alpha value is -2.47. The number of carbonyl (C=O) groups is 1. The lowest BCUT2D eigenvalue weighted by Crippen LogP contribution is -2.26. The summed E-state index contributed by atoms with van der Waals surface area (Å²) >= 11 is 1.36. The summed E-state index contributed by atoms with van der Waals surface area (Å²) in [5.74, 6) is 0.0910. The van der Waals surface area contributed by atoms with E-state index in [0.717, 1.165) is 16.8 Å². The fourth-order valence-electron chi connectivity index (χ4n) is 2.86. The molecule has 130 valence electrons. The topological polar surface area (TPSA) is 63.5 Å². The van der Waals surface area contributed by atoms with Crippen LogP contribution in [-0.2, 0) is 0 Å². The van der Waals surface area contributed by atoms with Gasteiger partial charge in [0.1, 0.15) is 5.56 Å². The van der Waals surface area contributed by atoms with Gasteiger partial charge in [-0.2, -0.15) is 0 Å². The number of carbonyl (C=O) groups excluding carboxylic acids is 1. The van der Waals surface area contributed by atoms with Gasteiger partial charge in [0.15, 0.2) is 4.96 Å². The van der Waals surface area contributed by atoms with Gasteiger partial charge in [-0.25, -0.2) is 4.98 Å². The number of hydrogen-bond acceptors (Lipinski definition) is 4. The summed E-state index contributed by atoms with van der Waals surface area (Å²) in [5, 5.41) is 4.74. The average Bonchev–Trinajstić information content (AvgIpc) is 3.04. The molecule has 0 spiro atoms. The van der Waals surface area contributed by atoms with Crippen molar-refractivity contribution in [1.82, 2.24) is 9.38 Å². The summed E-state index contributed by atoms with van der Waals surface area (Å²) in [6.45, 7) is 8.35. The average molecular weight is 355 g/mol. The van der Waals surface area contributed by atoms with Crippen LogP contribution in [-0.4, -0.2) is 15.3 Å². The van der Waals surface area contributed by atoms with E-state index >= 15 is 0 Å². The van der Waals surface area contributed by atoms with E-state index in [1.807, 2.05) is 18.2 Å². The van der Waals surface area contributed by atoms with Crippen LogP contribution in [0.2, 0.25) is 0 Å². The van der Waals surface area contributed by atoms with Crippen LogP contribution >= 0.6 is 11.3 Å². The standard InChI is InChI=1S/C19H21N3O2S/c1-11(2)13-6-5-7-14(12(3)4)16(13)21-17(23)15-10-20-19-22(18(15)24)8-9-25-19/h5-12H,1-4H3,(H,21,23). The largest absolute Gasteiger partial charge is 0.321 e. The molecule has 1 amide bonds. The van der Waals surface area contributed by atoms with Gasteiger partial charge in [-0.15, -0.1) is 11.3 Å². The van der Waals surface area contributed by atoms with Crippen LogP contribution in [0.1, 0.15) is 61.0 Å². The number of amides is 1. The van der Waals surface area contributed by atoms with Gasteiger partial charge < -0.3 is 5.32 Å². The first-order valence-electron chi connectivity index (χ1n) is 8.29. The van der Waals surface area contributed by atoms with Gasteiger partial charge in [0.2, 0.25) is 0 Å². The van der Waals surface area contributed by atoms with E-state index in [1.54, 1.807) is 11.6 Å². The zero-order chi connectivity index (χ0) is 18.1. The maximum atomic E-state index is 12.8. The van der Waals surface area contributed by atoms with E-state index < -0.39 is 5.91 Å². The molecule has 2 heterocycles. The van der Waals surface area contributed by atoms with Gasteiger partial charge >= 0.3 is 0 Å². The zero-order valence-electron chi connectivity index (χ0n) is 14.7. The van der Waals surface area contributed by atoms with Crippen LogP contribution in [0.15, 0.2) is 40.8 Å². The van der Waals surface area contributed by atoms with Crippen LogP contribution in [0, 0.1) is 0 Å². The molecule has 0 fully saturated rings. The monoisotopic (exact) mass is 355 g/mol. The first-order valence-corrected chi connectivity index (χ1v) is 9.17. The van der Waals surface area contributed by atoms with Crippen molar-refractivity contribution in [2.24, 2.45) is 0 Å². The normalized spacial score (nSPS) is 11.4. The Kier molecular flexibility index (Phi) is 4.72. The third-order valence-corrected chi connectivity index (χ3v) is 4.97. The molecule has 0 aliphatic rings. The Morgan fingerprint density at radius 1 is 1.16 bits per heavy atom. The number of fused-ring (bicyclic) bond motifs is 1. The van der Waals surface area contributed by atoms with Crippen molar-refractivity contribution >= 4 is 27.9 Å². The summed E-state index contributed by atoms with van der Waals surface area (Å²) in [7, 11) is 0. The maximum absolute atomic E-state index is 12.8. The zero-order valence-corrected chi connectivity index (χ0v) is 15.6. The van der Waals surface area contributed by atoms with Gasteiger partial charge in [-0.05, 0) is 23.0 Å². The van der Waals surface area contributed by atoms with Gasteiger partial charge in [-0.1, -0.05) is 45.9 Å². The molecular weight excluding hydrogens is 334 g/mol. The molecule has 0 atom stereocenters. The maximum Gasteiger partial charge on any atom is 0.271 e. The van der Waals surface area contributed by atoms with Gasteiger partial charge in [0, 0.05) is 23.5 Å². The van der Waals surface area contributed by atoms with Crippen molar-refractivity contribution in [2.45, 2.75) is 39.5 Å². The fourth-order valence-corrected chi connectivity index (χ4v) is 3.53. The SMILES string of the molecule is CC(C)c1cccc(C(C)C)c1NC(=O)c1cnc2sccn2c1=O. The van der Waals surface area contributed by atoms with E-state index in [2.05, 4.69) is 38.0 Å². The molecule has 0 aliphatic heterocycles. The van der Waals surface area contributed by atoms with Gasteiger partial charge in [0.05, 0.1) is 0 Å². The van der Waals surface area contributed by atoms with E-state index in [-0.39, 0.29) is 23.0 Å². The smallest absolute Gasteiger partial charge is 0.271 e. The van der Waals surface area contributed by atoms with Crippen molar-refractivity contribution in [2.75, 3.05) is 5.32 Å². The Balaban J connectivity index is 2.05. The lowest BCUT2D eigenvalue weighted by molar-refractivity contribution is 0.102. The number of aromatic nitrogens is 2. The molecule has 5 nitrogen and oxygen atoms in total. The summed E-state index contributed by atoms with van der Waals surface area (Å²) in [6.07, 6.45) is 2.99. The van der Waals surface area contributed by atoms with Crippen LogP contribution in [0.3, 0.4) is 0 Å². The lowest BCUT2D eigenvalue weighted by atomic mass is 9.92. The third-order valence-electron chi connectivity index (χ3n) is 4.20. The van der Waals surface area contributed by atoms with Crippen LogP contribution in [0.25, 0.3) is 4.96 Å². The number of para-hydroxylation sites is 1. The van der Waals surface area contributed by atoms with Gasteiger partial charge in [-0.3, -0.25) is 14.0 Å². The molecule has 25 heavy (non-hydrogen) atoms.